The molecule has 1 aromatic heterocycles. The Balaban J connectivity index is 1.48. The minimum Gasteiger partial charge on any atom is -0.381 e. The highest BCUT2D eigenvalue weighted by atomic mass is 19.4. The van der Waals surface area contributed by atoms with Crippen LogP contribution in [0.2, 0.25) is 0 Å². The third kappa shape index (κ3) is 5.41. The second-order valence-corrected chi connectivity index (χ2v) is 7.72. The number of anilines is 1. The zero-order valence-electron chi connectivity index (χ0n) is 17.6. The number of aromatic amines is 1. The van der Waals surface area contributed by atoms with Gasteiger partial charge in [-0.2, -0.15) is 31.4 Å². The van der Waals surface area contributed by atoms with Crippen LogP contribution in [0.15, 0.2) is 79.0 Å². The van der Waals surface area contributed by atoms with Crippen LogP contribution in [0.1, 0.15) is 27.8 Å². The Morgan fingerprint density at radius 2 is 1.50 bits per heavy atom. The van der Waals surface area contributed by atoms with Crippen molar-refractivity contribution in [2.45, 2.75) is 25.3 Å². The summed E-state index contributed by atoms with van der Waals surface area (Å²) in [5.74, 6) is 0. The number of nitrogens with one attached hydrogen (secondary N) is 2. The van der Waals surface area contributed by atoms with Gasteiger partial charge in [0.2, 0.25) is 0 Å². The molecular weight excluding hydrogens is 456 g/mol. The van der Waals surface area contributed by atoms with Gasteiger partial charge in [0.15, 0.2) is 0 Å². The smallest absolute Gasteiger partial charge is 0.381 e. The molecule has 0 radical (unpaired) electrons. The molecule has 0 fully saturated rings. The maximum atomic E-state index is 13.3. The van der Waals surface area contributed by atoms with Crippen LogP contribution in [0.4, 0.5) is 32.0 Å². The summed E-state index contributed by atoms with van der Waals surface area (Å²) in [6.45, 7) is 0.315. The SMILES string of the molecule is FC(F)(F)c1ccc(-c2n[nH]cc2CNc2cccc(Cc3ccccc3C(F)(F)F)c2)cc1. The van der Waals surface area contributed by atoms with Crippen molar-refractivity contribution in [2.24, 2.45) is 0 Å². The number of rotatable bonds is 6. The average molecular weight is 475 g/mol. The number of hydrogen-bond donors (Lipinski definition) is 2. The number of benzene rings is 3. The van der Waals surface area contributed by atoms with E-state index in [2.05, 4.69) is 15.5 Å². The van der Waals surface area contributed by atoms with Crippen LogP contribution in [-0.2, 0) is 25.3 Å². The summed E-state index contributed by atoms with van der Waals surface area (Å²) >= 11 is 0. The van der Waals surface area contributed by atoms with Crippen molar-refractivity contribution in [3.05, 3.63) is 107 Å². The van der Waals surface area contributed by atoms with E-state index in [0.717, 1.165) is 23.8 Å². The molecule has 0 aliphatic carbocycles. The molecule has 0 atom stereocenters. The maximum Gasteiger partial charge on any atom is 0.416 e. The molecule has 2 N–H and O–H groups in total. The Hall–Kier alpha value is -3.75. The molecule has 0 aliphatic heterocycles. The van der Waals surface area contributed by atoms with Crippen LogP contribution in [0.25, 0.3) is 11.3 Å². The first-order chi connectivity index (χ1) is 16.1. The van der Waals surface area contributed by atoms with Crippen molar-refractivity contribution in [1.82, 2.24) is 10.2 Å². The van der Waals surface area contributed by atoms with E-state index in [1.165, 1.54) is 24.3 Å². The van der Waals surface area contributed by atoms with E-state index in [9.17, 15) is 26.3 Å². The second-order valence-electron chi connectivity index (χ2n) is 7.72. The summed E-state index contributed by atoms with van der Waals surface area (Å²) in [4.78, 5) is 0. The molecule has 4 aromatic rings. The van der Waals surface area contributed by atoms with Gasteiger partial charge in [0, 0.05) is 29.6 Å². The lowest BCUT2D eigenvalue weighted by Crippen LogP contribution is -2.09. The molecule has 3 aromatic carbocycles. The van der Waals surface area contributed by atoms with E-state index in [4.69, 9.17) is 0 Å². The molecule has 0 unspecified atom stereocenters. The van der Waals surface area contributed by atoms with Crippen LogP contribution in [0.3, 0.4) is 0 Å². The maximum absolute atomic E-state index is 13.3. The quantitative estimate of drug-likeness (QED) is 0.287. The highest BCUT2D eigenvalue weighted by Gasteiger charge is 2.33. The molecule has 3 nitrogen and oxygen atoms in total. The first kappa shape index (κ1) is 23.4. The topological polar surface area (TPSA) is 40.7 Å². The van der Waals surface area contributed by atoms with Crippen molar-refractivity contribution in [3.63, 3.8) is 0 Å². The van der Waals surface area contributed by atoms with Crippen molar-refractivity contribution in [3.8, 4) is 11.3 Å². The first-order valence-corrected chi connectivity index (χ1v) is 10.3. The van der Waals surface area contributed by atoms with Crippen molar-refractivity contribution >= 4 is 5.69 Å². The largest absolute Gasteiger partial charge is 0.416 e. The van der Waals surface area contributed by atoms with E-state index in [1.54, 1.807) is 36.5 Å². The summed E-state index contributed by atoms with van der Waals surface area (Å²) in [6.07, 6.45) is -7.08. The number of alkyl halides is 6. The number of hydrogen-bond acceptors (Lipinski definition) is 2. The molecule has 176 valence electrons. The Kier molecular flexibility index (Phi) is 6.37. The van der Waals surface area contributed by atoms with Crippen LogP contribution in [0.5, 0.6) is 0 Å². The van der Waals surface area contributed by atoms with Gasteiger partial charge in [-0.15, -0.1) is 0 Å². The number of nitrogens with zero attached hydrogens (tertiary/aromatic N) is 1. The van der Waals surface area contributed by atoms with Gasteiger partial charge in [-0.05, 0) is 47.9 Å². The molecule has 34 heavy (non-hydrogen) atoms. The fourth-order valence-electron chi connectivity index (χ4n) is 3.68. The van der Waals surface area contributed by atoms with Crippen LogP contribution < -0.4 is 5.32 Å². The van der Waals surface area contributed by atoms with Crippen molar-refractivity contribution in [2.75, 3.05) is 5.32 Å². The van der Waals surface area contributed by atoms with Gasteiger partial charge < -0.3 is 5.32 Å². The van der Waals surface area contributed by atoms with E-state index in [0.29, 0.717) is 29.1 Å². The Labute approximate surface area is 191 Å². The van der Waals surface area contributed by atoms with E-state index >= 15 is 0 Å². The molecule has 0 aliphatic rings. The Morgan fingerprint density at radius 1 is 0.765 bits per heavy atom. The lowest BCUT2D eigenvalue weighted by atomic mass is 9.99. The molecule has 9 heteroatoms. The van der Waals surface area contributed by atoms with Gasteiger partial charge in [-0.3, -0.25) is 5.10 Å². The predicted molar refractivity (Wildman–Crippen MR) is 117 cm³/mol. The van der Waals surface area contributed by atoms with E-state index in [1.807, 2.05) is 0 Å². The standard InChI is InChI=1S/C25H19F6N3/c26-24(27,28)20-10-8-17(9-11-20)23-19(15-33-34-23)14-32-21-6-3-4-16(13-21)12-18-5-1-2-7-22(18)25(29,30)31/h1-11,13,15,32H,12,14H2,(H,33,34). The van der Waals surface area contributed by atoms with Gasteiger partial charge >= 0.3 is 12.4 Å². The van der Waals surface area contributed by atoms with Crippen LogP contribution in [0, 0.1) is 0 Å². The fraction of sp³-hybridized carbons (Fsp3) is 0.160. The molecular formula is C25H19F6N3. The van der Waals surface area contributed by atoms with Gasteiger partial charge in [-0.1, -0.05) is 42.5 Å². The summed E-state index contributed by atoms with van der Waals surface area (Å²) in [5, 5.41) is 10.1. The van der Waals surface area contributed by atoms with Gasteiger partial charge in [0.05, 0.1) is 16.8 Å². The summed E-state index contributed by atoms with van der Waals surface area (Å²) < 4.78 is 78.3. The van der Waals surface area contributed by atoms with Crippen LogP contribution in [-0.4, -0.2) is 10.2 Å². The second kappa shape index (κ2) is 9.24. The summed E-state index contributed by atoms with van der Waals surface area (Å²) in [6, 6.07) is 17.3. The molecule has 0 amide bonds. The molecule has 0 saturated carbocycles. The molecule has 4 rings (SSSR count). The van der Waals surface area contributed by atoms with Crippen molar-refractivity contribution < 1.29 is 26.3 Å². The highest BCUT2D eigenvalue weighted by Crippen LogP contribution is 2.33. The van der Waals surface area contributed by atoms with E-state index in [-0.39, 0.29) is 12.0 Å². The average Bonchev–Trinajstić information content (AvgIpc) is 3.26. The van der Waals surface area contributed by atoms with Gasteiger partial charge in [0.1, 0.15) is 0 Å². The zero-order valence-corrected chi connectivity index (χ0v) is 17.6. The van der Waals surface area contributed by atoms with Crippen LogP contribution >= 0.6 is 0 Å². The predicted octanol–water partition coefficient (Wildman–Crippen LogP) is 7.32. The van der Waals surface area contributed by atoms with E-state index < -0.39 is 23.5 Å². The summed E-state index contributed by atoms with van der Waals surface area (Å²) in [5.41, 5.74) is 1.96. The van der Waals surface area contributed by atoms with Gasteiger partial charge in [-0.25, -0.2) is 0 Å². The molecule has 1 heterocycles. The molecule has 0 saturated heterocycles. The zero-order chi connectivity index (χ0) is 24.3. The molecule has 0 spiro atoms. The number of halogens is 6. The van der Waals surface area contributed by atoms with Gasteiger partial charge in [0.25, 0.3) is 0 Å². The normalized spacial score (nSPS) is 12.1. The minimum absolute atomic E-state index is 0.119. The first-order valence-electron chi connectivity index (χ1n) is 10.3. The summed E-state index contributed by atoms with van der Waals surface area (Å²) in [7, 11) is 0. The third-order valence-corrected chi connectivity index (χ3v) is 5.33. The molecule has 0 bridgehead atoms. The number of H-pyrrole nitrogens is 1. The lowest BCUT2D eigenvalue weighted by Gasteiger charge is -2.13. The minimum atomic E-state index is -4.43. The lowest BCUT2D eigenvalue weighted by molar-refractivity contribution is -0.138. The monoisotopic (exact) mass is 475 g/mol. The number of aromatic nitrogens is 2. The van der Waals surface area contributed by atoms with Crippen molar-refractivity contribution in [1.29, 1.82) is 0 Å². The Bertz CT molecular complexity index is 1260. The Morgan fingerprint density at radius 3 is 2.21 bits per heavy atom. The fourth-order valence-corrected chi connectivity index (χ4v) is 3.68. The third-order valence-electron chi connectivity index (χ3n) is 5.33. The highest BCUT2D eigenvalue weighted by molar-refractivity contribution is 5.63.